The molecule has 26 heavy (non-hydrogen) atoms. The largest absolute Gasteiger partial charge is 0.378 e. The van der Waals surface area contributed by atoms with Gasteiger partial charge in [0, 0.05) is 49.7 Å². The lowest BCUT2D eigenvalue weighted by Gasteiger charge is -2.26. The van der Waals surface area contributed by atoms with Crippen LogP contribution in [0.5, 0.6) is 0 Å². The van der Waals surface area contributed by atoms with Crippen molar-refractivity contribution < 1.29 is 14.3 Å². The number of rotatable bonds is 4. The Morgan fingerprint density at radius 3 is 2.08 bits per heavy atom. The van der Waals surface area contributed by atoms with Gasteiger partial charge in [0.15, 0.2) is 0 Å². The first kappa shape index (κ1) is 17.9. The molecule has 0 unspecified atom stereocenters. The van der Waals surface area contributed by atoms with Gasteiger partial charge in [-0.2, -0.15) is 0 Å². The Hall–Kier alpha value is -2.86. The van der Waals surface area contributed by atoms with Crippen molar-refractivity contribution in [3.63, 3.8) is 0 Å². The normalized spacial score (nSPS) is 14.0. The summed E-state index contributed by atoms with van der Waals surface area (Å²) in [6.45, 7) is 2.34. The van der Waals surface area contributed by atoms with Crippen molar-refractivity contribution in [2.24, 2.45) is 0 Å². The van der Waals surface area contributed by atoms with Crippen LogP contribution in [0.25, 0.3) is 0 Å². The van der Waals surface area contributed by atoms with Gasteiger partial charge >= 0.3 is 0 Å². The van der Waals surface area contributed by atoms with Crippen LogP contribution in [0, 0.1) is 0 Å². The standard InChI is InChI=1S/C20H23N3O3/c1-22(2)18-9-7-17(8-10-18)21-19(24)15-3-5-16(6-4-15)20(25)23-11-13-26-14-12-23/h3-10H,11-14H2,1-2H3,(H,21,24). The Morgan fingerprint density at radius 1 is 0.923 bits per heavy atom. The van der Waals surface area contributed by atoms with Gasteiger partial charge < -0.3 is 19.9 Å². The molecule has 1 heterocycles. The average Bonchev–Trinajstić information content (AvgIpc) is 2.68. The number of carbonyl (C=O) groups is 2. The van der Waals surface area contributed by atoms with Crippen LogP contribution in [0.1, 0.15) is 20.7 Å². The highest BCUT2D eigenvalue weighted by atomic mass is 16.5. The van der Waals surface area contributed by atoms with Crippen molar-refractivity contribution in [2.75, 3.05) is 50.6 Å². The molecule has 6 nitrogen and oxygen atoms in total. The van der Waals surface area contributed by atoms with E-state index in [2.05, 4.69) is 5.32 Å². The fourth-order valence-electron chi connectivity index (χ4n) is 2.76. The number of carbonyl (C=O) groups excluding carboxylic acids is 2. The smallest absolute Gasteiger partial charge is 0.255 e. The van der Waals surface area contributed by atoms with Crippen molar-refractivity contribution >= 4 is 23.2 Å². The lowest BCUT2D eigenvalue weighted by molar-refractivity contribution is 0.0303. The van der Waals surface area contributed by atoms with E-state index in [0.29, 0.717) is 37.4 Å². The van der Waals surface area contributed by atoms with Gasteiger partial charge in [0.2, 0.25) is 0 Å². The number of benzene rings is 2. The molecule has 0 bridgehead atoms. The summed E-state index contributed by atoms with van der Waals surface area (Å²) in [7, 11) is 3.93. The van der Waals surface area contributed by atoms with E-state index in [1.54, 1.807) is 29.2 Å². The number of morpholine rings is 1. The van der Waals surface area contributed by atoms with Crippen molar-refractivity contribution in [3.8, 4) is 0 Å². The summed E-state index contributed by atoms with van der Waals surface area (Å²) >= 11 is 0. The van der Waals surface area contributed by atoms with Crippen molar-refractivity contribution in [2.45, 2.75) is 0 Å². The van der Waals surface area contributed by atoms with E-state index in [9.17, 15) is 9.59 Å². The lowest BCUT2D eigenvalue weighted by Crippen LogP contribution is -2.40. The van der Waals surface area contributed by atoms with Crippen LogP contribution in [0.2, 0.25) is 0 Å². The van der Waals surface area contributed by atoms with Gasteiger partial charge in [0.05, 0.1) is 13.2 Å². The topological polar surface area (TPSA) is 61.9 Å². The van der Waals surface area contributed by atoms with Gasteiger partial charge in [-0.3, -0.25) is 9.59 Å². The molecule has 1 N–H and O–H groups in total. The number of anilines is 2. The minimum Gasteiger partial charge on any atom is -0.378 e. The second-order valence-corrected chi connectivity index (χ2v) is 6.38. The number of hydrogen-bond acceptors (Lipinski definition) is 4. The van der Waals surface area contributed by atoms with Gasteiger partial charge in [0.25, 0.3) is 11.8 Å². The molecule has 6 heteroatoms. The molecule has 0 aliphatic carbocycles. The number of nitrogens with zero attached hydrogens (tertiary/aromatic N) is 2. The fourth-order valence-corrected chi connectivity index (χ4v) is 2.76. The molecule has 1 fully saturated rings. The summed E-state index contributed by atoms with van der Waals surface area (Å²) in [6, 6.07) is 14.4. The first-order chi connectivity index (χ1) is 12.5. The highest BCUT2D eigenvalue weighted by molar-refractivity contribution is 6.05. The van der Waals surface area contributed by atoms with E-state index >= 15 is 0 Å². The molecule has 2 aromatic carbocycles. The molecule has 0 radical (unpaired) electrons. The Kier molecular flexibility index (Phi) is 5.53. The number of amides is 2. The molecule has 1 aliphatic rings. The van der Waals surface area contributed by atoms with E-state index in [-0.39, 0.29) is 11.8 Å². The predicted molar refractivity (Wildman–Crippen MR) is 102 cm³/mol. The van der Waals surface area contributed by atoms with E-state index in [4.69, 9.17) is 4.74 Å². The van der Waals surface area contributed by atoms with E-state index in [1.165, 1.54) is 0 Å². The second kappa shape index (κ2) is 8.01. The second-order valence-electron chi connectivity index (χ2n) is 6.38. The maximum absolute atomic E-state index is 12.4. The van der Waals surface area contributed by atoms with Crippen LogP contribution in [-0.4, -0.2) is 57.1 Å². The lowest BCUT2D eigenvalue weighted by atomic mass is 10.1. The molecule has 0 atom stereocenters. The highest BCUT2D eigenvalue weighted by Gasteiger charge is 2.18. The Labute approximate surface area is 153 Å². The van der Waals surface area contributed by atoms with Gasteiger partial charge in [-0.25, -0.2) is 0 Å². The fraction of sp³-hybridized carbons (Fsp3) is 0.300. The summed E-state index contributed by atoms with van der Waals surface area (Å²) < 4.78 is 5.26. The zero-order valence-electron chi connectivity index (χ0n) is 15.1. The molecule has 136 valence electrons. The molecular weight excluding hydrogens is 330 g/mol. The first-order valence-corrected chi connectivity index (χ1v) is 8.60. The quantitative estimate of drug-likeness (QED) is 0.917. The Bertz CT molecular complexity index is 764. The van der Waals surface area contributed by atoms with Crippen LogP contribution in [0.3, 0.4) is 0 Å². The number of nitrogens with one attached hydrogen (secondary N) is 1. The molecule has 0 aromatic heterocycles. The first-order valence-electron chi connectivity index (χ1n) is 8.60. The van der Waals surface area contributed by atoms with Gasteiger partial charge in [-0.05, 0) is 48.5 Å². The molecule has 3 rings (SSSR count). The summed E-state index contributed by atoms with van der Waals surface area (Å²) in [5.74, 6) is -0.229. The van der Waals surface area contributed by atoms with E-state index in [1.807, 2.05) is 43.3 Å². The molecule has 2 amide bonds. The van der Waals surface area contributed by atoms with E-state index in [0.717, 1.165) is 11.4 Å². The number of ether oxygens (including phenoxy) is 1. The predicted octanol–water partition coefficient (Wildman–Crippen LogP) is 2.48. The van der Waals surface area contributed by atoms with Crippen molar-refractivity contribution in [1.82, 2.24) is 4.90 Å². The van der Waals surface area contributed by atoms with Crippen LogP contribution >= 0.6 is 0 Å². The zero-order chi connectivity index (χ0) is 18.5. The van der Waals surface area contributed by atoms with E-state index < -0.39 is 0 Å². The molecule has 1 saturated heterocycles. The molecule has 1 aliphatic heterocycles. The molecule has 0 spiro atoms. The third-order valence-corrected chi connectivity index (χ3v) is 4.33. The number of hydrogen-bond donors (Lipinski definition) is 1. The highest BCUT2D eigenvalue weighted by Crippen LogP contribution is 2.17. The minimum absolute atomic E-state index is 0.0282. The zero-order valence-corrected chi connectivity index (χ0v) is 15.1. The third-order valence-electron chi connectivity index (χ3n) is 4.33. The van der Waals surface area contributed by atoms with Gasteiger partial charge in [0.1, 0.15) is 0 Å². The summed E-state index contributed by atoms with van der Waals surface area (Å²) in [5, 5.41) is 2.87. The molecule has 2 aromatic rings. The molecular formula is C20H23N3O3. The average molecular weight is 353 g/mol. The van der Waals surface area contributed by atoms with Gasteiger partial charge in [-0.15, -0.1) is 0 Å². The maximum Gasteiger partial charge on any atom is 0.255 e. The minimum atomic E-state index is -0.201. The van der Waals surface area contributed by atoms with Crippen molar-refractivity contribution in [1.29, 1.82) is 0 Å². The summed E-state index contributed by atoms with van der Waals surface area (Å²) in [6.07, 6.45) is 0. The third kappa shape index (κ3) is 4.21. The monoisotopic (exact) mass is 353 g/mol. The van der Waals surface area contributed by atoms with Crippen LogP contribution in [-0.2, 0) is 4.74 Å². The Balaban J connectivity index is 1.63. The van der Waals surface area contributed by atoms with Crippen molar-refractivity contribution in [3.05, 3.63) is 59.7 Å². The van der Waals surface area contributed by atoms with Crippen LogP contribution < -0.4 is 10.2 Å². The maximum atomic E-state index is 12.4. The summed E-state index contributed by atoms with van der Waals surface area (Å²) in [5.41, 5.74) is 2.89. The summed E-state index contributed by atoms with van der Waals surface area (Å²) in [4.78, 5) is 28.6. The molecule has 0 saturated carbocycles. The van der Waals surface area contributed by atoms with Crippen LogP contribution in [0.15, 0.2) is 48.5 Å². The Morgan fingerprint density at radius 2 is 1.50 bits per heavy atom. The SMILES string of the molecule is CN(C)c1ccc(NC(=O)c2ccc(C(=O)N3CCOCC3)cc2)cc1. The van der Waals surface area contributed by atoms with Gasteiger partial charge in [-0.1, -0.05) is 0 Å². The van der Waals surface area contributed by atoms with Crippen LogP contribution in [0.4, 0.5) is 11.4 Å².